The molecule has 0 saturated carbocycles. The summed E-state index contributed by atoms with van der Waals surface area (Å²) in [5, 5.41) is 10.3. The maximum Gasteiger partial charge on any atom is 0.0462 e. The van der Waals surface area contributed by atoms with Gasteiger partial charge in [-0.2, -0.15) is 0 Å². The fourth-order valence-electron chi connectivity index (χ4n) is 12.5. The van der Waals surface area contributed by atoms with Crippen LogP contribution in [0.3, 0.4) is 0 Å². The topological polar surface area (TPSA) is 3.24 Å². The fraction of sp³-hybridized carbons (Fsp3) is 0. The Morgan fingerprint density at radius 1 is 0.183 bits per heavy atom. The van der Waals surface area contributed by atoms with E-state index < -0.39 is 0 Å². The average molecular weight is 898 g/mol. The highest BCUT2D eigenvalue weighted by Gasteiger charge is 2.32. The quantitative estimate of drug-likeness (QED) is 0.154. The van der Waals surface area contributed by atoms with Crippen molar-refractivity contribution in [1.29, 1.82) is 0 Å². The molecule has 0 aliphatic heterocycles. The molecule has 0 heterocycles. The maximum absolute atomic E-state index is 2.39. The lowest BCUT2D eigenvalue weighted by Crippen LogP contribution is -2.09. The summed E-state index contributed by atoms with van der Waals surface area (Å²) in [7, 11) is 0. The molecule has 0 saturated heterocycles. The molecule has 0 radical (unpaired) electrons. The number of hydrogen-bond donors (Lipinski definition) is 0. The minimum Gasteiger partial charge on any atom is -0.311 e. The molecule has 13 aromatic rings. The van der Waals surface area contributed by atoms with E-state index in [9.17, 15) is 0 Å². The molecule has 0 bridgehead atoms. The van der Waals surface area contributed by atoms with E-state index >= 15 is 0 Å². The van der Waals surface area contributed by atoms with Gasteiger partial charge in [-0.05, 0) is 169 Å². The normalized spacial score (nSPS) is 11.9. The molecule has 2 aliphatic carbocycles. The Hall–Kier alpha value is -9.30. The van der Waals surface area contributed by atoms with Crippen LogP contribution in [-0.2, 0) is 0 Å². The molecule has 0 N–H and O–H groups in total. The smallest absolute Gasteiger partial charge is 0.0462 e. The predicted octanol–water partition coefficient (Wildman–Crippen LogP) is 19.7. The molecule has 15 rings (SSSR count). The summed E-state index contributed by atoms with van der Waals surface area (Å²) in [6, 6.07) is 96.6. The number of para-hydroxylation sites is 1. The van der Waals surface area contributed by atoms with Crippen LogP contribution in [0.5, 0.6) is 0 Å². The van der Waals surface area contributed by atoms with Crippen LogP contribution in [0.1, 0.15) is 0 Å². The summed E-state index contributed by atoms with van der Waals surface area (Å²) < 4.78 is 0. The van der Waals surface area contributed by atoms with Gasteiger partial charge in [0.25, 0.3) is 0 Å². The molecule has 0 atom stereocenters. The van der Waals surface area contributed by atoms with Gasteiger partial charge in [0.2, 0.25) is 0 Å². The van der Waals surface area contributed by atoms with Crippen molar-refractivity contribution >= 4 is 60.2 Å². The Labute approximate surface area is 412 Å². The molecule has 328 valence electrons. The van der Waals surface area contributed by atoms with Crippen molar-refractivity contribution < 1.29 is 0 Å². The first-order valence-corrected chi connectivity index (χ1v) is 24.7. The fourth-order valence-corrected chi connectivity index (χ4v) is 12.5. The van der Waals surface area contributed by atoms with E-state index in [1.165, 1.54) is 132 Å². The second-order valence-electron chi connectivity index (χ2n) is 19.0. The molecule has 13 aromatic carbocycles. The van der Waals surface area contributed by atoms with E-state index in [0.717, 1.165) is 17.1 Å². The molecule has 0 amide bonds. The Balaban J connectivity index is 0.900. The van der Waals surface area contributed by atoms with Crippen molar-refractivity contribution in [2.75, 3.05) is 4.90 Å². The second-order valence-corrected chi connectivity index (χ2v) is 19.0. The number of fused-ring (bicyclic) bond motifs is 8. The van der Waals surface area contributed by atoms with E-state index in [0.29, 0.717) is 0 Å². The molecule has 71 heavy (non-hydrogen) atoms. The molecular weight excluding hydrogens is 855 g/mol. The van der Waals surface area contributed by atoms with Crippen LogP contribution < -0.4 is 4.90 Å². The first kappa shape index (κ1) is 39.7. The van der Waals surface area contributed by atoms with Gasteiger partial charge in [-0.15, -0.1) is 0 Å². The molecule has 2 aliphatic rings. The minimum atomic E-state index is 1.10. The third-order valence-corrected chi connectivity index (χ3v) is 15.3. The molecule has 1 heteroatoms. The highest BCUT2D eigenvalue weighted by molar-refractivity contribution is 6.29. The molecule has 0 unspecified atom stereocenters. The van der Waals surface area contributed by atoms with Crippen molar-refractivity contribution in [2.24, 2.45) is 0 Å². The van der Waals surface area contributed by atoms with Crippen LogP contribution >= 0.6 is 0 Å². The molecule has 1 nitrogen and oxygen atoms in total. The number of rotatable bonds is 7. The Morgan fingerprint density at radius 2 is 0.451 bits per heavy atom. The molecule has 0 spiro atoms. The number of anilines is 3. The zero-order valence-electron chi connectivity index (χ0n) is 38.8. The van der Waals surface area contributed by atoms with Crippen LogP contribution in [0.4, 0.5) is 17.1 Å². The van der Waals surface area contributed by atoms with E-state index in [4.69, 9.17) is 0 Å². The van der Waals surface area contributed by atoms with Crippen LogP contribution in [0.25, 0.3) is 132 Å². The lowest BCUT2D eigenvalue weighted by Gasteiger charge is -2.26. The monoisotopic (exact) mass is 897 g/mol. The summed E-state index contributed by atoms with van der Waals surface area (Å²) in [6.07, 6.45) is 0. The highest BCUT2D eigenvalue weighted by Crippen LogP contribution is 2.59. The zero-order valence-corrected chi connectivity index (χ0v) is 38.8. The van der Waals surface area contributed by atoms with Gasteiger partial charge in [0, 0.05) is 17.1 Å². The van der Waals surface area contributed by atoms with Crippen molar-refractivity contribution in [3.63, 3.8) is 0 Å². The van der Waals surface area contributed by atoms with Gasteiger partial charge < -0.3 is 4.90 Å². The Bertz CT molecular complexity index is 4010. The highest BCUT2D eigenvalue weighted by atomic mass is 15.1. The van der Waals surface area contributed by atoms with Gasteiger partial charge in [0.05, 0.1) is 0 Å². The maximum atomic E-state index is 2.39. The lowest BCUT2D eigenvalue weighted by molar-refractivity contribution is 1.28. The number of nitrogens with zero attached hydrogens (tertiary/aromatic N) is 1. The molecule has 0 aromatic heterocycles. The number of hydrogen-bond acceptors (Lipinski definition) is 1. The van der Waals surface area contributed by atoms with E-state index in [2.05, 4.69) is 266 Å². The summed E-state index contributed by atoms with van der Waals surface area (Å²) in [5.74, 6) is 0. The van der Waals surface area contributed by atoms with Gasteiger partial charge in [-0.3, -0.25) is 0 Å². The summed E-state index contributed by atoms with van der Waals surface area (Å²) >= 11 is 0. The minimum absolute atomic E-state index is 1.10. The first-order chi connectivity index (χ1) is 35.3. The average Bonchev–Trinajstić information content (AvgIpc) is 3.95. The lowest BCUT2D eigenvalue weighted by atomic mass is 9.82. The van der Waals surface area contributed by atoms with Crippen LogP contribution in [0.2, 0.25) is 0 Å². The van der Waals surface area contributed by atoms with E-state index in [1.54, 1.807) is 0 Å². The van der Waals surface area contributed by atoms with Gasteiger partial charge >= 0.3 is 0 Å². The van der Waals surface area contributed by atoms with Crippen molar-refractivity contribution in [3.8, 4) is 89.0 Å². The molecule has 0 fully saturated rings. The van der Waals surface area contributed by atoms with Crippen molar-refractivity contribution in [3.05, 3.63) is 261 Å². The predicted molar refractivity (Wildman–Crippen MR) is 302 cm³/mol. The molecular formula is C70H43N. The Morgan fingerprint density at radius 3 is 0.775 bits per heavy atom. The zero-order chi connectivity index (χ0) is 46.6. The van der Waals surface area contributed by atoms with Gasteiger partial charge in [-0.1, -0.05) is 224 Å². The largest absolute Gasteiger partial charge is 0.311 e. The summed E-state index contributed by atoms with van der Waals surface area (Å²) in [4.78, 5) is 2.39. The van der Waals surface area contributed by atoms with E-state index in [-0.39, 0.29) is 0 Å². The third kappa shape index (κ3) is 5.87. The van der Waals surface area contributed by atoms with Gasteiger partial charge in [-0.25, -0.2) is 0 Å². The van der Waals surface area contributed by atoms with Gasteiger partial charge in [0.1, 0.15) is 0 Å². The van der Waals surface area contributed by atoms with E-state index in [1.807, 2.05) is 0 Å². The van der Waals surface area contributed by atoms with Crippen LogP contribution in [0.15, 0.2) is 261 Å². The van der Waals surface area contributed by atoms with Crippen molar-refractivity contribution in [1.82, 2.24) is 0 Å². The van der Waals surface area contributed by atoms with Crippen molar-refractivity contribution in [2.45, 2.75) is 0 Å². The third-order valence-electron chi connectivity index (χ3n) is 15.3. The Kier molecular flexibility index (Phi) is 8.73. The first-order valence-electron chi connectivity index (χ1n) is 24.7. The standard InChI is InChI=1S/C70H43N/c1-4-18-46(19-5-1)63-53-28-10-12-30-55(53)65(69-59-34-16-24-44-22-14-32-57(61(44)59)67(63)69)48-36-40-51(41-37-48)71(50-26-8-3-9-27-50)52-42-38-49(39-43-52)66-56-31-13-11-29-54(56)64(47-20-6-2-7-21-47)68-58-33-15-23-45-25-17-35-60(62(45)58)70(66)68/h1-43H. The second kappa shape index (κ2) is 15.6. The SMILES string of the molecule is c1ccc(-c2c3c(c(-c4ccc(N(c5ccccc5)c5ccc(-c6c7c(c(-c8ccccc8)c8ccccc68)-c6cccc8cccc-7c68)cc5)cc4)c4ccccc24)-c2cccc4cccc-3c24)cc1. The van der Waals surface area contributed by atoms with Crippen LogP contribution in [-0.4, -0.2) is 0 Å². The summed E-state index contributed by atoms with van der Waals surface area (Å²) in [5.41, 5.74) is 23.8. The summed E-state index contributed by atoms with van der Waals surface area (Å²) in [6.45, 7) is 0. The van der Waals surface area contributed by atoms with Crippen LogP contribution in [0, 0.1) is 0 Å². The number of benzene rings is 13. The van der Waals surface area contributed by atoms with Gasteiger partial charge in [0.15, 0.2) is 0 Å².